The third-order valence-electron chi connectivity index (χ3n) is 2.88. The van der Waals surface area contributed by atoms with Crippen molar-refractivity contribution in [1.82, 2.24) is 4.98 Å². The molecule has 18 heavy (non-hydrogen) atoms. The molecule has 0 fully saturated rings. The van der Waals surface area contributed by atoms with E-state index in [0.29, 0.717) is 11.4 Å². The van der Waals surface area contributed by atoms with Gasteiger partial charge in [0.2, 0.25) is 0 Å². The van der Waals surface area contributed by atoms with E-state index < -0.39 is 5.97 Å². The number of carboxylic acid groups (broad SMARTS) is 1. The zero-order chi connectivity index (χ0) is 13.9. The predicted molar refractivity (Wildman–Crippen MR) is 70.0 cm³/mol. The lowest BCUT2D eigenvalue weighted by Crippen LogP contribution is -2.31. The van der Waals surface area contributed by atoms with Gasteiger partial charge in [0.1, 0.15) is 11.4 Å². The van der Waals surface area contributed by atoms with Crippen molar-refractivity contribution in [3.8, 4) is 0 Å². The maximum absolute atomic E-state index is 11.3. The monoisotopic (exact) mass is 252 g/mol. The van der Waals surface area contributed by atoms with Gasteiger partial charge in [0.05, 0.1) is 12.6 Å². The van der Waals surface area contributed by atoms with E-state index in [-0.39, 0.29) is 24.1 Å². The number of carboxylic acids is 1. The third-order valence-corrected chi connectivity index (χ3v) is 2.88. The third kappa shape index (κ3) is 3.20. The minimum atomic E-state index is -1.01. The Balaban J connectivity index is 3.18. The molecule has 5 heteroatoms. The van der Waals surface area contributed by atoms with Gasteiger partial charge in [0.15, 0.2) is 0 Å². The van der Waals surface area contributed by atoms with Crippen LogP contribution in [-0.2, 0) is 0 Å². The van der Waals surface area contributed by atoms with Crippen LogP contribution in [0.1, 0.15) is 35.5 Å². The van der Waals surface area contributed by atoms with Gasteiger partial charge in [-0.25, -0.2) is 9.78 Å². The molecule has 3 N–H and O–H groups in total. The van der Waals surface area contributed by atoms with Crippen molar-refractivity contribution in [2.45, 2.75) is 33.7 Å². The number of hydrogen-bond donors (Lipinski definition) is 3. The zero-order valence-corrected chi connectivity index (χ0v) is 11.2. The SMILES string of the molecule is Cc1cc(C)c(C(=O)O)c(NC(CO)C(C)C)n1. The number of aliphatic hydroxyl groups is 1. The Morgan fingerprint density at radius 3 is 2.50 bits per heavy atom. The van der Waals surface area contributed by atoms with Crippen LogP contribution in [0.3, 0.4) is 0 Å². The predicted octanol–water partition coefficient (Wildman–Crippen LogP) is 1.83. The molecular weight excluding hydrogens is 232 g/mol. The smallest absolute Gasteiger partial charge is 0.339 e. The molecular formula is C13H20N2O3. The molecule has 1 unspecified atom stereocenters. The van der Waals surface area contributed by atoms with Crippen LogP contribution in [0.2, 0.25) is 0 Å². The molecule has 0 spiro atoms. The van der Waals surface area contributed by atoms with E-state index in [1.807, 2.05) is 20.8 Å². The van der Waals surface area contributed by atoms with Gasteiger partial charge >= 0.3 is 5.97 Å². The molecule has 1 heterocycles. The number of rotatable bonds is 5. The minimum absolute atomic E-state index is 0.0641. The lowest BCUT2D eigenvalue weighted by Gasteiger charge is -2.22. The van der Waals surface area contributed by atoms with Crippen molar-refractivity contribution >= 4 is 11.8 Å². The lowest BCUT2D eigenvalue weighted by molar-refractivity contribution is 0.0696. The first-order valence-electron chi connectivity index (χ1n) is 5.95. The van der Waals surface area contributed by atoms with Crippen molar-refractivity contribution in [3.63, 3.8) is 0 Å². The zero-order valence-electron chi connectivity index (χ0n) is 11.2. The molecule has 1 aromatic heterocycles. The summed E-state index contributed by atoms with van der Waals surface area (Å²) in [6.07, 6.45) is 0. The van der Waals surface area contributed by atoms with Crippen molar-refractivity contribution in [2.24, 2.45) is 5.92 Å². The van der Waals surface area contributed by atoms with Crippen LogP contribution in [0.5, 0.6) is 0 Å². The van der Waals surface area contributed by atoms with Crippen LogP contribution in [0.15, 0.2) is 6.07 Å². The van der Waals surface area contributed by atoms with E-state index in [2.05, 4.69) is 10.3 Å². The molecule has 1 atom stereocenters. The second kappa shape index (κ2) is 5.82. The number of nitrogens with one attached hydrogen (secondary N) is 1. The van der Waals surface area contributed by atoms with Gasteiger partial charge in [-0.05, 0) is 31.4 Å². The Kier molecular flexibility index (Phi) is 4.67. The molecule has 0 amide bonds. The highest BCUT2D eigenvalue weighted by Crippen LogP contribution is 2.20. The van der Waals surface area contributed by atoms with Gasteiger partial charge in [0.25, 0.3) is 0 Å². The van der Waals surface area contributed by atoms with Crippen LogP contribution in [0.4, 0.5) is 5.82 Å². The van der Waals surface area contributed by atoms with Gasteiger partial charge in [0, 0.05) is 5.69 Å². The van der Waals surface area contributed by atoms with Crippen LogP contribution < -0.4 is 5.32 Å². The number of aryl methyl sites for hydroxylation is 2. The number of carbonyl (C=O) groups is 1. The minimum Gasteiger partial charge on any atom is -0.478 e. The Labute approximate surface area is 107 Å². The fraction of sp³-hybridized carbons (Fsp3) is 0.538. The van der Waals surface area contributed by atoms with Crippen LogP contribution in [0, 0.1) is 19.8 Å². The second-order valence-electron chi connectivity index (χ2n) is 4.79. The Bertz CT molecular complexity index is 444. The molecule has 5 nitrogen and oxygen atoms in total. The molecule has 1 rings (SSSR count). The number of aromatic carboxylic acids is 1. The molecule has 100 valence electrons. The largest absolute Gasteiger partial charge is 0.478 e. The van der Waals surface area contributed by atoms with Crippen molar-refractivity contribution in [3.05, 3.63) is 22.9 Å². The van der Waals surface area contributed by atoms with E-state index in [4.69, 9.17) is 0 Å². The standard InChI is InChI=1S/C13H20N2O3/c1-7(2)10(6-16)15-12-11(13(17)18)8(3)5-9(4)14-12/h5,7,10,16H,6H2,1-4H3,(H,14,15)(H,17,18). The van der Waals surface area contributed by atoms with Crippen LogP contribution >= 0.6 is 0 Å². The maximum atomic E-state index is 11.3. The summed E-state index contributed by atoms with van der Waals surface area (Å²) in [6, 6.07) is 1.52. The van der Waals surface area contributed by atoms with Gasteiger partial charge in [-0.1, -0.05) is 13.8 Å². The average Bonchev–Trinajstić information content (AvgIpc) is 2.23. The normalized spacial score (nSPS) is 12.6. The molecule has 1 aromatic rings. The van der Waals surface area contributed by atoms with E-state index in [1.165, 1.54) is 0 Å². The molecule has 0 saturated carbocycles. The van der Waals surface area contributed by atoms with Crippen molar-refractivity contribution in [1.29, 1.82) is 0 Å². The highest BCUT2D eigenvalue weighted by Gasteiger charge is 2.19. The number of aromatic nitrogens is 1. The second-order valence-corrected chi connectivity index (χ2v) is 4.79. The summed E-state index contributed by atoms with van der Waals surface area (Å²) in [6.45, 7) is 7.40. The molecule has 0 radical (unpaired) electrons. The molecule has 0 aromatic carbocycles. The first-order valence-corrected chi connectivity index (χ1v) is 5.95. The Hall–Kier alpha value is -1.62. The van der Waals surface area contributed by atoms with Crippen molar-refractivity contribution in [2.75, 3.05) is 11.9 Å². The number of aliphatic hydroxyl groups excluding tert-OH is 1. The summed E-state index contributed by atoms with van der Waals surface area (Å²) in [5.41, 5.74) is 1.58. The lowest BCUT2D eigenvalue weighted by atomic mass is 10.0. The molecule has 0 aliphatic carbocycles. The van der Waals surface area contributed by atoms with Gasteiger partial charge < -0.3 is 15.5 Å². The van der Waals surface area contributed by atoms with E-state index >= 15 is 0 Å². The average molecular weight is 252 g/mol. The van der Waals surface area contributed by atoms with Crippen LogP contribution in [-0.4, -0.2) is 33.8 Å². The van der Waals surface area contributed by atoms with Gasteiger partial charge in [-0.15, -0.1) is 0 Å². The maximum Gasteiger partial charge on any atom is 0.339 e. The van der Waals surface area contributed by atoms with Crippen molar-refractivity contribution < 1.29 is 15.0 Å². The fourth-order valence-electron chi connectivity index (χ4n) is 1.81. The Morgan fingerprint density at radius 1 is 1.44 bits per heavy atom. The number of anilines is 1. The summed E-state index contributed by atoms with van der Waals surface area (Å²) < 4.78 is 0. The highest BCUT2D eigenvalue weighted by molar-refractivity contribution is 5.94. The van der Waals surface area contributed by atoms with E-state index in [9.17, 15) is 15.0 Å². The summed E-state index contributed by atoms with van der Waals surface area (Å²) in [5.74, 6) is -0.505. The van der Waals surface area contributed by atoms with Gasteiger partial charge in [-0.3, -0.25) is 0 Å². The first-order chi connectivity index (χ1) is 8.36. The topological polar surface area (TPSA) is 82.5 Å². The molecule has 0 bridgehead atoms. The molecule has 0 saturated heterocycles. The quantitative estimate of drug-likeness (QED) is 0.744. The van der Waals surface area contributed by atoms with E-state index in [1.54, 1.807) is 13.0 Å². The van der Waals surface area contributed by atoms with Crippen LogP contribution in [0.25, 0.3) is 0 Å². The number of pyridine rings is 1. The van der Waals surface area contributed by atoms with Gasteiger partial charge in [-0.2, -0.15) is 0 Å². The van der Waals surface area contributed by atoms with E-state index in [0.717, 1.165) is 5.69 Å². The fourth-order valence-corrected chi connectivity index (χ4v) is 1.81. The first kappa shape index (κ1) is 14.4. The summed E-state index contributed by atoms with van der Waals surface area (Å²) in [7, 11) is 0. The highest BCUT2D eigenvalue weighted by atomic mass is 16.4. The summed E-state index contributed by atoms with van der Waals surface area (Å²) in [5, 5.41) is 21.5. The number of hydrogen-bond acceptors (Lipinski definition) is 4. The molecule has 0 aliphatic rings. The summed E-state index contributed by atoms with van der Waals surface area (Å²) in [4.78, 5) is 15.5. The molecule has 0 aliphatic heterocycles. The number of nitrogens with zero attached hydrogens (tertiary/aromatic N) is 1. The Morgan fingerprint density at radius 2 is 2.06 bits per heavy atom. The summed E-state index contributed by atoms with van der Waals surface area (Å²) >= 11 is 0.